The van der Waals surface area contributed by atoms with Crippen molar-refractivity contribution in [1.29, 1.82) is 0 Å². The van der Waals surface area contributed by atoms with Gasteiger partial charge in [0.05, 0.1) is 0 Å². The Morgan fingerprint density at radius 1 is 0.857 bits per heavy atom. The summed E-state index contributed by atoms with van der Waals surface area (Å²) in [7, 11) is 0. The fourth-order valence-electron chi connectivity index (χ4n) is 1.15. The molecule has 0 saturated heterocycles. The van der Waals surface area contributed by atoms with Gasteiger partial charge in [0.15, 0.2) is 0 Å². The number of hydrogen-bond acceptors (Lipinski definition) is 4. The maximum absolute atomic E-state index is 5.37. The first-order chi connectivity index (χ1) is 6.41. The molecule has 0 unspecified atom stereocenters. The van der Waals surface area contributed by atoms with Crippen LogP contribution in [0, 0.1) is 0 Å². The zero-order valence-corrected chi connectivity index (χ0v) is 9.65. The zero-order valence-electron chi connectivity index (χ0n) is 9.65. The summed E-state index contributed by atoms with van der Waals surface area (Å²) in [6.45, 7) is 7.51. The van der Waals surface area contributed by atoms with Crippen molar-refractivity contribution >= 4 is 0 Å². The van der Waals surface area contributed by atoms with Crippen molar-refractivity contribution in [3.8, 4) is 0 Å². The molecule has 0 aliphatic heterocycles. The lowest BCUT2D eigenvalue weighted by molar-refractivity contribution is 0.574. The van der Waals surface area contributed by atoms with E-state index in [1.165, 1.54) is 19.3 Å². The highest BCUT2D eigenvalue weighted by Crippen LogP contribution is 1.84. The Morgan fingerprint density at radius 3 is 1.86 bits per heavy atom. The third kappa shape index (κ3) is 14.4. The fraction of sp³-hybridized carbons (Fsp3) is 1.00. The van der Waals surface area contributed by atoms with Gasteiger partial charge in [0.25, 0.3) is 0 Å². The Hall–Kier alpha value is -0.160. The third-order valence-corrected chi connectivity index (χ3v) is 1.94. The van der Waals surface area contributed by atoms with Gasteiger partial charge in [0.2, 0.25) is 0 Å². The summed E-state index contributed by atoms with van der Waals surface area (Å²) in [5.41, 5.74) is 5.37. The maximum Gasteiger partial charge on any atom is -0.00369 e. The molecule has 0 saturated carbocycles. The topological polar surface area (TPSA) is 85.1 Å². The van der Waals surface area contributed by atoms with Gasteiger partial charge in [-0.1, -0.05) is 6.92 Å². The molecule has 0 heterocycles. The Balaban J connectivity index is 0. The van der Waals surface area contributed by atoms with Crippen molar-refractivity contribution in [2.24, 2.45) is 5.73 Å². The predicted octanol–water partition coefficient (Wildman–Crippen LogP) is 0.867. The number of rotatable bonds is 10. The molecule has 0 atom stereocenters. The van der Waals surface area contributed by atoms with Gasteiger partial charge in [-0.2, -0.15) is 0 Å². The molecule has 0 aliphatic rings. The second-order valence-corrected chi connectivity index (χ2v) is 3.35. The summed E-state index contributed by atoms with van der Waals surface area (Å²) in [6.07, 6.45) is 4.86. The van der Waals surface area contributed by atoms with Crippen molar-refractivity contribution in [2.75, 3.05) is 32.7 Å². The summed E-state index contributed by atoms with van der Waals surface area (Å²) in [4.78, 5) is 0. The molecule has 4 nitrogen and oxygen atoms in total. The minimum Gasteiger partial charge on any atom is -0.344 e. The second kappa shape index (κ2) is 15.3. The molecule has 0 radical (unpaired) electrons. The molecule has 14 heavy (non-hydrogen) atoms. The smallest absolute Gasteiger partial charge is 0.00369 e. The molecule has 0 spiro atoms. The van der Waals surface area contributed by atoms with E-state index in [1.807, 2.05) is 0 Å². The first kappa shape index (κ1) is 16.3. The lowest BCUT2D eigenvalue weighted by Gasteiger charge is -2.04. The average Bonchev–Trinajstić information content (AvgIpc) is 2.16. The normalized spacial score (nSPS) is 9.86. The summed E-state index contributed by atoms with van der Waals surface area (Å²) in [6, 6.07) is 0. The van der Waals surface area contributed by atoms with Crippen LogP contribution in [-0.4, -0.2) is 32.7 Å². The van der Waals surface area contributed by atoms with Crippen LogP contribution in [0.2, 0.25) is 0 Å². The van der Waals surface area contributed by atoms with Crippen LogP contribution >= 0.6 is 0 Å². The van der Waals surface area contributed by atoms with Crippen LogP contribution in [0.4, 0.5) is 0 Å². The number of nitrogens with two attached hydrogens (primary N) is 1. The molecule has 0 aliphatic carbocycles. The van der Waals surface area contributed by atoms with Crippen molar-refractivity contribution in [1.82, 2.24) is 16.8 Å². The molecule has 0 bridgehead atoms. The number of nitrogens with one attached hydrogen (secondary N) is 2. The van der Waals surface area contributed by atoms with Crippen LogP contribution in [0.1, 0.15) is 32.6 Å². The molecule has 0 fully saturated rings. The summed E-state index contributed by atoms with van der Waals surface area (Å²) < 4.78 is 0. The van der Waals surface area contributed by atoms with Crippen molar-refractivity contribution < 1.29 is 0 Å². The van der Waals surface area contributed by atoms with E-state index in [1.54, 1.807) is 0 Å². The monoisotopic (exact) mass is 204 g/mol. The predicted molar refractivity (Wildman–Crippen MR) is 64.0 cm³/mol. The Bertz CT molecular complexity index is 78.2. The number of unbranched alkanes of at least 4 members (excludes halogenated alkanes) is 1. The van der Waals surface area contributed by atoms with Crippen LogP contribution in [0.5, 0.6) is 0 Å². The molecule has 4 heteroatoms. The highest BCUT2D eigenvalue weighted by molar-refractivity contribution is 4.51. The highest BCUT2D eigenvalue weighted by Gasteiger charge is 1.88. The molecule has 88 valence electrons. The largest absolute Gasteiger partial charge is 0.344 e. The van der Waals surface area contributed by atoms with Crippen molar-refractivity contribution in [2.45, 2.75) is 32.6 Å². The van der Waals surface area contributed by atoms with Gasteiger partial charge in [0.1, 0.15) is 0 Å². The Labute approximate surface area is 88.6 Å². The molecular formula is C10H28N4. The first-order valence-electron chi connectivity index (χ1n) is 5.53. The van der Waals surface area contributed by atoms with Crippen LogP contribution in [0.15, 0.2) is 0 Å². The van der Waals surface area contributed by atoms with Crippen LogP contribution in [-0.2, 0) is 0 Å². The lowest BCUT2D eigenvalue weighted by atomic mass is 10.3. The van der Waals surface area contributed by atoms with Crippen LogP contribution in [0.25, 0.3) is 0 Å². The van der Waals surface area contributed by atoms with E-state index in [0.29, 0.717) is 0 Å². The van der Waals surface area contributed by atoms with E-state index in [2.05, 4.69) is 17.6 Å². The van der Waals surface area contributed by atoms with E-state index in [-0.39, 0.29) is 6.15 Å². The zero-order chi connectivity index (χ0) is 9.78. The van der Waals surface area contributed by atoms with Crippen LogP contribution in [0.3, 0.4) is 0 Å². The summed E-state index contributed by atoms with van der Waals surface area (Å²) >= 11 is 0. The van der Waals surface area contributed by atoms with Crippen LogP contribution < -0.4 is 22.5 Å². The molecule has 0 aromatic rings. The quantitative estimate of drug-likeness (QED) is 0.398. The Kier molecular flexibility index (Phi) is 17.8. The molecule has 0 rings (SSSR count). The Morgan fingerprint density at radius 2 is 1.36 bits per heavy atom. The minimum absolute atomic E-state index is 0. The molecule has 0 aromatic heterocycles. The van der Waals surface area contributed by atoms with Gasteiger partial charge in [-0.25, -0.2) is 0 Å². The highest BCUT2D eigenvalue weighted by atomic mass is 14.9. The van der Waals surface area contributed by atoms with Gasteiger partial charge < -0.3 is 22.5 Å². The lowest BCUT2D eigenvalue weighted by Crippen LogP contribution is -2.21. The number of hydrogen-bond donors (Lipinski definition) is 4. The summed E-state index contributed by atoms with van der Waals surface area (Å²) in [5, 5.41) is 6.76. The van der Waals surface area contributed by atoms with E-state index >= 15 is 0 Å². The van der Waals surface area contributed by atoms with Gasteiger partial charge in [0, 0.05) is 0 Å². The van der Waals surface area contributed by atoms with Gasteiger partial charge in [-0.3, -0.25) is 0 Å². The molecular weight excluding hydrogens is 176 g/mol. The molecule has 0 aromatic carbocycles. The SMILES string of the molecule is CCCNCCCCNCCCN.N. The van der Waals surface area contributed by atoms with Crippen molar-refractivity contribution in [3.05, 3.63) is 0 Å². The van der Waals surface area contributed by atoms with E-state index < -0.39 is 0 Å². The molecule has 7 N–H and O–H groups in total. The third-order valence-electron chi connectivity index (χ3n) is 1.94. The standard InChI is InChI=1S/C10H25N3.H3N/c1-2-7-12-8-3-4-9-13-10-5-6-11;/h12-13H,2-11H2,1H3;1H3. The molecule has 0 amide bonds. The van der Waals surface area contributed by atoms with E-state index in [4.69, 9.17) is 5.73 Å². The maximum atomic E-state index is 5.37. The van der Waals surface area contributed by atoms with Gasteiger partial charge in [-0.05, 0) is 58.4 Å². The van der Waals surface area contributed by atoms with E-state index in [9.17, 15) is 0 Å². The average molecular weight is 204 g/mol. The fourth-order valence-corrected chi connectivity index (χ4v) is 1.15. The van der Waals surface area contributed by atoms with Gasteiger partial charge in [-0.15, -0.1) is 0 Å². The first-order valence-corrected chi connectivity index (χ1v) is 5.53. The van der Waals surface area contributed by atoms with Gasteiger partial charge >= 0.3 is 0 Å². The second-order valence-electron chi connectivity index (χ2n) is 3.35. The van der Waals surface area contributed by atoms with Crippen molar-refractivity contribution in [3.63, 3.8) is 0 Å². The minimum atomic E-state index is 0. The summed E-state index contributed by atoms with van der Waals surface area (Å²) in [5.74, 6) is 0. The van der Waals surface area contributed by atoms with E-state index in [0.717, 1.165) is 39.1 Å².